The lowest BCUT2D eigenvalue weighted by molar-refractivity contribution is 0.0953. The third-order valence-electron chi connectivity index (χ3n) is 3.30. The molecule has 0 spiro atoms. The van der Waals surface area contributed by atoms with Crippen LogP contribution in [0.4, 0.5) is 0 Å². The number of benzene rings is 2. The molecule has 0 radical (unpaired) electrons. The first kappa shape index (κ1) is 20.3. The summed E-state index contributed by atoms with van der Waals surface area (Å²) < 4.78 is 5.73. The fourth-order valence-corrected chi connectivity index (χ4v) is 2.17. The van der Waals surface area contributed by atoms with E-state index in [9.17, 15) is 4.79 Å². The van der Waals surface area contributed by atoms with E-state index in [0.29, 0.717) is 29.5 Å². The molecule has 2 aromatic carbocycles. The van der Waals surface area contributed by atoms with E-state index in [1.807, 2.05) is 43.4 Å². The molecule has 0 aliphatic carbocycles. The van der Waals surface area contributed by atoms with Crippen LogP contribution in [0.3, 0.4) is 0 Å². The molecule has 0 aromatic heterocycles. The largest absolute Gasteiger partial charge is 0.489 e. The van der Waals surface area contributed by atoms with Crippen molar-refractivity contribution in [3.63, 3.8) is 0 Å². The van der Waals surface area contributed by atoms with Gasteiger partial charge < -0.3 is 15.4 Å². The number of ether oxygens (including phenoxy) is 1. The van der Waals surface area contributed by atoms with Gasteiger partial charge in [0.1, 0.15) is 12.4 Å². The first-order chi connectivity index (χ1) is 11.2. The van der Waals surface area contributed by atoms with E-state index in [0.717, 1.165) is 18.5 Å². The second-order valence-electron chi connectivity index (χ2n) is 5.16. The molecule has 6 heteroatoms. The molecule has 2 aromatic rings. The molecule has 130 valence electrons. The predicted molar refractivity (Wildman–Crippen MR) is 100 cm³/mol. The van der Waals surface area contributed by atoms with Gasteiger partial charge in [0.25, 0.3) is 5.91 Å². The van der Waals surface area contributed by atoms with Crippen molar-refractivity contribution in [3.8, 4) is 5.75 Å². The SMILES string of the molecule is CNCCCNC(=O)c1cccc(OCc2ccc(Cl)cc2)c1.Cl. The first-order valence-electron chi connectivity index (χ1n) is 7.59. The minimum Gasteiger partial charge on any atom is -0.489 e. The van der Waals surface area contributed by atoms with Gasteiger partial charge in [-0.1, -0.05) is 29.8 Å². The van der Waals surface area contributed by atoms with Crippen molar-refractivity contribution in [2.24, 2.45) is 0 Å². The highest BCUT2D eigenvalue weighted by Gasteiger charge is 2.06. The van der Waals surface area contributed by atoms with Gasteiger partial charge in [-0.3, -0.25) is 4.79 Å². The lowest BCUT2D eigenvalue weighted by atomic mass is 10.2. The number of hydrogen-bond donors (Lipinski definition) is 2. The third-order valence-corrected chi connectivity index (χ3v) is 3.56. The monoisotopic (exact) mass is 368 g/mol. The van der Waals surface area contributed by atoms with E-state index in [2.05, 4.69) is 10.6 Å². The Bertz CT molecular complexity index is 633. The second kappa shape index (κ2) is 10.9. The molecule has 2 N–H and O–H groups in total. The van der Waals surface area contributed by atoms with Gasteiger partial charge in [-0.25, -0.2) is 0 Å². The average molecular weight is 369 g/mol. The Morgan fingerprint density at radius 2 is 1.88 bits per heavy atom. The fraction of sp³-hybridized carbons (Fsp3) is 0.278. The number of amides is 1. The first-order valence-corrected chi connectivity index (χ1v) is 7.97. The maximum atomic E-state index is 12.1. The average Bonchev–Trinajstić information content (AvgIpc) is 2.58. The van der Waals surface area contributed by atoms with Crippen molar-refractivity contribution in [3.05, 3.63) is 64.7 Å². The van der Waals surface area contributed by atoms with Crippen molar-refractivity contribution < 1.29 is 9.53 Å². The van der Waals surface area contributed by atoms with Gasteiger partial charge in [0.15, 0.2) is 0 Å². The molecule has 0 aliphatic heterocycles. The number of carbonyl (C=O) groups is 1. The van der Waals surface area contributed by atoms with E-state index in [4.69, 9.17) is 16.3 Å². The smallest absolute Gasteiger partial charge is 0.251 e. The zero-order valence-corrected chi connectivity index (χ0v) is 15.1. The zero-order valence-electron chi connectivity index (χ0n) is 13.5. The van der Waals surface area contributed by atoms with Crippen LogP contribution in [0.5, 0.6) is 5.75 Å². The van der Waals surface area contributed by atoms with E-state index in [1.165, 1.54) is 0 Å². The number of nitrogens with one attached hydrogen (secondary N) is 2. The van der Waals surface area contributed by atoms with Gasteiger partial charge in [-0.2, -0.15) is 0 Å². The zero-order chi connectivity index (χ0) is 16.5. The van der Waals surface area contributed by atoms with Crippen molar-refractivity contribution >= 4 is 29.9 Å². The lowest BCUT2D eigenvalue weighted by Gasteiger charge is -2.09. The van der Waals surface area contributed by atoms with Gasteiger partial charge in [-0.15, -0.1) is 12.4 Å². The van der Waals surface area contributed by atoms with E-state index in [-0.39, 0.29) is 18.3 Å². The predicted octanol–water partition coefficient (Wildman–Crippen LogP) is 3.68. The molecule has 24 heavy (non-hydrogen) atoms. The Morgan fingerprint density at radius 3 is 2.58 bits per heavy atom. The van der Waals surface area contributed by atoms with Crippen LogP contribution in [0.25, 0.3) is 0 Å². The van der Waals surface area contributed by atoms with Crippen molar-refractivity contribution in [1.82, 2.24) is 10.6 Å². The minimum absolute atomic E-state index is 0. The maximum Gasteiger partial charge on any atom is 0.251 e. The highest BCUT2D eigenvalue weighted by atomic mass is 35.5. The van der Waals surface area contributed by atoms with Crippen molar-refractivity contribution in [2.75, 3.05) is 20.1 Å². The van der Waals surface area contributed by atoms with Crippen LogP contribution in [-0.2, 0) is 6.61 Å². The standard InChI is InChI=1S/C18H21ClN2O2.ClH/c1-20-10-3-11-21-18(22)15-4-2-5-17(12-15)23-13-14-6-8-16(19)9-7-14;/h2,4-9,12,20H,3,10-11,13H2,1H3,(H,21,22);1H. The summed E-state index contributed by atoms with van der Waals surface area (Å²) in [5.74, 6) is 0.584. The number of carbonyl (C=O) groups excluding carboxylic acids is 1. The van der Waals surface area contributed by atoms with Gasteiger partial charge >= 0.3 is 0 Å². The minimum atomic E-state index is -0.0851. The van der Waals surface area contributed by atoms with Gasteiger partial charge in [0.2, 0.25) is 0 Å². The summed E-state index contributed by atoms with van der Waals surface area (Å²) in [5, 5.41) is 6.64. The molecule has 1 amide bonds. The Labute approximate surface area is 154 Å². The van der Waals surface area contributed by atoms with Crippen LogP contribution in [0, 0.1) is 0 Å². The molecule has 0 unspecified atom stereocenters. The van der Waals surface area contributed by atoms with Crippen LogP contribution in [0.15, 0.2) is 48.5 Å². The summed E-state index contributed by atoms with van der Waals surface area (Å²) in [4.78, 5) is 12.1. The fourth-order valence-electron chi connectivity index (χ4n) is 2.04. The van der Waals surface area contributed by atoms with Gasteiger partial charge in [-0.05, 0) is 55.9 Å². The van der Waals surface area contributed by atoms with Gasteiger partial charge in [0, 0.05) is 17.1 Å². The molecule has 0 aliphatic rings. The summed E-state index contributed by atoms with van der Waals surface area (Å²) >= 11 is 5.86. The molecule has 0 fully saturated rings. The molecule has 0 saturated carbocycles. The maximum absolute atomic E-state index is 12.1. The van der Waals surface area contributed by atoms with E-state index < -0.39 is 0 Å². The molecular weight excluding hydrogens is 347 g/mol. The van der Waals surface area contributed by atoms with E-state index in [1.54, 1.807) is 12.1 Å². The molecule has 0 atom stereocenters. The quantitative estimate of drug-likeness (QED) is 0.698. The van der Waals surface area contributed by atoms with E-state index >= 15 is 0 Å². The summed E-state index contributed by atoms with van der Waals surface area (Å²) in [6.07, 6.45) is 0.898. The molecule has 0 bridgehead atoms. The van der Waals surface area contributed by atoms with Crippen molar-refractivity contribution in [2.45, 2.75) is 13.0 Å². The Morgan fingerprint density at radius 1 is 1.12 bits per heavy atom. The normalized spacial score (nSPS) is 9.92. The molecule has 4 nitrogen and oxygen atoms in total. The highest BCUT2D eigenvalue weighted by Crippen LogP contribution is 2.16. The Kier molecular flexibility index (Phi) is 9.23. The summed E-state index contributed by atoms with van der Waals surface area (Å²) in [5.41, 5.74) is 1.62. The summed E-state index contributed by atoms with van der Waals surface area (Å²) in [6, 6.07) is 14.7. The number of rotatable bonds is 8. The van der Waals surface area contributed by atoms with Crippen LogP contribution in [0.2, 0.25) is 5.02 Å². The van der Waals surface area contributed by atoms with Crippen LogP contribution < -0.4 is 15.4 Å². The molecule has 0 saturated heterocycles. The molecular formula is C18H22Cl2N2O2. The van der Waals surface area contributed by atoms with Crippen LogP contribution in [-0.4, -0.2) is 26.0 Å². The summed E-state index contributed by atoms with van der Waals surface area (Å²) in [7, 11) is 1.89. The Hall–Kier alpha value is -1.75. The molecule has 0 heterocycles. The topological polar surface area (TPSA) is 50.4 Å². The van der Waals surface area contributed by atoms with Crippen LogP contribution in [0.1, 0.15) is 22.3 Å². The lowest BCUT2D eigenvalue weighted by Crippen LogP contribution is -2.26. The number of halogens is 2. The van der Waals surface area contributed by atoms with Crippen LogP contribution >= 0.6 is 24.0 Å². The number of hydrogen-bond acceptors (Lipinski definition) is 3. The van der Waals surface area contributed by atoms with Gasteiger partial charge in [0.05, 0.1) is 0 Å². The highest BCUT2D eigenvalue weighted by molar-refractivity contribution is 6.30. The van der Waals surface area contributed by atoms with Crippen molar-refractivity contribution in [1.29, 1.82) is 0 Å². The molecule has 2 rings (SSSR count). The third kappa shape index (κ3) is 6.79. The summed E-state index contributed by atoms with van der Waals surface area (Å²) in [6.45, 7) is 1.96. The Balaban J connectivity index is 0.00000288. The second-order valence-corrected chi connectivity index (χ2v) is 5.59.